The zero-order chi connectivity index (χ0) is 20.7. The topological polar surface area (TPSA) is 56.8 Å². The molecule has 1 aliphatic heterocycles. The van der Waals surface area contributed by atoms with Crippen LogP contribution in [-0.4, -0.2) is 42.8 Å². The summed E-state index contributed by atoms with van der Waals surface area (Å²) in [4.78, 5) is 12.6. The molecule has 154 valence electrons. The van der Waals surface area contributed by atoms with Crippen LogP contribution in [0.1, 0.15) is 64.2 Å². The van der Waals surface area contributed by atoms with Crippen LogP contribution in [0.4, 0.5) is 8.78 Å². The third kappa shape index (κ3) is 4.18. The van der Waals surface area contributed by atoms with Gasteiger partial charge in [-0.05, 0) is 51.7 Å². The molecule has 0 bridgehead atoms. The second-order valence-corrected chi connectivity index (χ2v) is 8.63. The van der Waals surface area contributed by atoms with Crippen LogP contribution in [0.15, 0.2) is 18.2 Å². The van der Waals surface area contributed by atoms with Crippen molar-refractivity contribution in [3.63, 3.8) is 0 Å². The highest BCUT2D eigenvalue weighted by atomic mass is 19.3. The van der Waals surface area contributed by atoms with Gasteiger partial charge in [-0.25, -0.2) is 8.78 Å². The lowest BCUT2D eigenvalue weighted by molar-refractivity contribution is -0.0901. The van der Waals surface area contributed by atoms with E-state index in [2.05, 4.69) is 5.32 Å². The van der Waals surface area contributed by atoms with Gasteiger partial charge in [-0.2, -0.15) is 0 Å². The Morgan fingerprint density at radius 3 is 2.36 bits per heavy atom. The fraction of sp³-hybridized carbons (Fsp3) is 0.650. The molecule has 1 saturated carbocycles. The van der Waals surface area contributed by atoms with Crippen molar-refractivity contribution in [2.75, 3.05) is 6.61 Å². The van der Waals surface area contributed by atoms with Gasteiger partial charge in [0.1, 0.15) is 5.75 Å². The summed E-state index contributed by atoms with van der Waals surface area (Å²) in [5.74, 6) is -2.69. The Morgan fingerprint density at radius 2 is 1.82 bits per heavy atom. The number of hydrogen-bond acceptors (Lipinski definition) is 4. The zero-order valence-corrected chi connectivity index (χ0v) is 17.1. The van der Waals surface area contributed by atoms with E-state index < -0.39 is 36.2 Å². The number of nitrogens with one attached hydrogen (secondary N) is 1. The van der Waals surface area contributed by atoms with E-state index in [1.54, 1.807) is 18.2 Å². The van der Waals surface area contributed by atoms with Crippen LogP contribution < -0.4 is 15.5 Å². The summed E-state index contributed by atoms with van der Waals surface area (Å²) in [5.41, 5.74) is 0.113. The molecule has 0 spiro atoms. The quantitative estimate of drug-likeness (QED) is 0.752. The number of carbonyl (C=O) groups is 1. The maximum Gasteiger partial charge on any atom is 0.494 e. The van der Waals surface area contributed by atoms with Crippen molar-refractivity contribution in [3.05, 3.63) is 23.8 Å². The van der Waals surface area contributed by atoms with Crippen molar-refractivity contribution in [2.24, 2.45) is 0 Å². The smallest absolute Gasteiger partial charge is 0.493 e. The van der Waals surface area contributed by atoms with Crippen LogP contribution in [0.25, 0.3) is 0 Å². The average molecular weight is 395 g/mol. The summed E-state index contributed by atoms with van der Waals surface area (Å²) < 4.78 is 44.0. The Morgan fingerprint density at radius 1 is 1.21 bits per heavy atom. The van der Waals surface area contributed by atoms with E-state index in [-0.39, 0.29) is 12.8 Å². The monoisotopic (exact) mass is 395 g/mol. The molecule has 3 rings (SSSR count). The summed E-state index contributed by atoms with van der Waals surface area (Å²) >= 11 is 0. The highest BCUT2D eigenvalue weighted by Crippen LogP contribution is 2.38. The molecule has 0 unspecified atom stereocenters. The van der Waals surface area contributed by atoms with Crippen molar-refractivity contribution in [1.29, 1.82) is 0 Å². The zero-order valence-electron chi connectivity index (χ0n) is 17.1. The van der Waals surface area contributed by atoms with Crippen molar-refractivity contribution in [3.8, 4) is 5.75 Å². The molecule has 1 saturated heterocycles. The molecule has 5 nitrogen and oxygen atoms in total. The van der Waals surface area contributed by atoms with Crippen LogP contribution in [-0.2, 0) is 9.31 Å². The van der Waals surface area contributed by atoms with Gasteiger partial charge in [0.25, 0.3) is 11.8 Å². The maximum atomic E-state index is 13.0. The van der Waals surface area contributed by atoms with Gasteiger partial charge < -0.3 is 19.4 Å². The van der Waals surface area contributed by atoms with E-state index in [1.165, 1.54) is 0 Å². The number of benzene rings is 1. The molecule has 1 N–H and O–H groups in total. The lowest BCUT2D eigenvalue weighted by Gasteiger charge is -2.35. The standard InChI is InChI=1S/C20H28BF2NO4/c1-6-9-26-16-10-13(21-27-18(2,3)19(4,5)28-21)7-8-15(16)17(25)24-14-11-20(22,23)12-14/h7-8,10,14H,6,9,11-12H2,1-5H3,(H,24,25). The second kappa shape index (κ2) is 7.30. The Hall–Kier alpha value is -1.67. The van der Waals surface area contributed by atoms with Crippen LogP contribution in [0, 0.1) is 0 Å². The summed E-state index contributed by atoms with van der Waals surface area (Å²) in [6.07, 6.45) is 0.127. The average Bonchev–Trinajstić information content (AvgIpc) is 2.78. The molecule has 2 fully saturated rings. The van der Waals surface area contributed by atoms with Crippen LogP contribution in [0.2, 0.25) is 0 Å². The molecule has 1 amide bonds. The predicted octanol–water partition coefficient (Wildman–Crippen LogP) is 3.30. The maximum absolute atomic E-state index is 13.0. The Balaban J connectivity index is 1.79. The first-order valence-electron chi connectivity index (χ1n) is 9.75. The number of amides is 1. The molecule has 28 heavy (non-hydrogen) atoms. The van der Waals surface area contributed by atoms with Crippen molar-refractivity contribution in [1.82, 2.24) is 5.32 Å². The fourth-order valence-corrected chi connectivity index (χ4v) is 3.21. The van der Waals surface area contributed by atoms with Crippen LogP contribution in [0.3, 0.4) is 0 Å². The van der Waals surface area contributed by atoms with E-state index in [1.807, 2.05) is 34.6 Å². The number of carbonyl (C=O) groups excluding carboxylic acids is 1. The molecule has 8 heteroatoms. The minimum Gasteiger partial charge on any atom is -0.493 e. The molecule has 1 aromatic rings. The van der Waals surface area contributed by atoms with Crippen molar-refractivity contribution < 1.29 is 27.6 Å². The number of ether oxygens (including phenoxy) is 1. The predicted molar refractivity (Wildman–Crippen MR) is 103 cm³/mol. The van der Waals surface area contributed by atoms with Gasteiger partial charge in [-0.15, -0.1) is 0 Å². The molecule has 1 heterocycles. The molecule has 0 atom stereocenters. The molecular weight excluding hydrogens is 367 g/mol. The molecule has 0 radical (unpaired) electrons. The molecule has 2 aliphatic rings. The van der Waals surface area contributed by atoms with Crippen molar-refractivity contribution in [2.45, 2.75) is 77.0 Å². The van der Waals surface area contributed by atoms with Gasteiger partial charge in [0.2, 0.25) is 0 Å². The number of halogens is 2. The highest BCUT2D eigenvalue weighted by Gasteiger charge is 2.52. The summed E-state index contributed by atoms with van der Waals surface area (Å²) in [6, 6.07) is 4.62. The first-order chi connectivity index (χ1) is 12.9. The van der Waals surface area contributed by atoms with Gasteiger partial charge in [-0.3, -0.25) is 4.79 Å². The fourth-order valence-electron chi connectivity index (χ4n) is 3.21. The normalized spacial score (nSPS) is 22.6. The van der Waals surface area contributed by atoms with Gasteiger partial charge in [0.15, 0.2) is 0 Å². The number of alkyl halides is 2. The number of rotatable bonds is 6. The van der Waals surface area contributed by atoms with E-state index >= 15 is 0 Å². The highest BCUT2D eigenvalue weighted by molar-refractivity contribution is 6.62. The van der Waals surface area contributed by atoms with E-state index in [0.717, 1.165) is 11.9 Å². The number of hydrogen-bond donors (Lipinski definition) is 1. The summed E-state index contributed by atoms with van der Waals surface area (Å²) in [7, 11) is -0.573. The van der Waals surface area contributed by atoms with Gasteiger partial charge in [0, 0.05) is 18.9 Å². The van der Waals surface area contributed by atoms with Crippen molar-refractivity contribution >= 4 is 18.5 Å². The molecule has 0 aromatic heterocycles. The Kier molecular flexibility index (Phi) is 5.49. The Labute approximate surface area is 165 Å². The molecule has 1 aliphatic carbocycles. The van der Waals surface area contributed by atoms with Crippen LogP contribution >= 0.6 is 0 Å². The van der Waals surface area contributed by atoms with E-state index in [0.29, 0.717) is 17.9 Å². The molecular formula is C20H28BF2NO4. The minimum atomic E-state index is -2.68. The third-order valence-electron chi connectivity index (χ3n) is 5.66. The van der Waals surface area contributed by atoms with E-state index in [9.17, 15) is 13.6 Å². The summed E-state index contributed by atoms with van der Waals surface area (Å²) in [5, 5.41) is 2.66. The largest absolute Gasteiger partial charge is 0.494 e. The lowest BCUT2D eigenvalue weighted by Crippen LogP contribution is -2.50. The van der Waals surface area contributed by atoms with Crippen LogP contribution in [0.5, 0.6) is 5.75 Å². The third-order valence-corrected chi connectivity index (χ3v) is 5.66. The van der Waals surface area contributed by atoms with Gasteiger partial charge in [0.05, 0.1) is 23.4 Å². The van der Waals surface area contributed by atoms with Gasteiger partial charge in [-0.1, -0.05) is 13.0 Å². The first kappa shape index (κ1) is 21.1. The first-order valence-corrected chi connectivity index (χ1v) is 9.75. The second-order valence-electron chi connectivity index (χ2n) is 8.63. The summed E-state index contributed by atoms with van der Waals surface area (Å²) in [6.45, 7) is 10.3. The van der Waals surface area contributed by atoms with E-state index in [4.69, 9.17) is 14.0 Å². The van der Waals surface area contributed by atoms with Gasteiger partial charge >= 0.3 is 7.12 Å². The minimum absolute atomic E-state index is 0.323. The SMILES string of the molecule is CCCOc1cc(B2OC(C)(C)C(C)(C)O2)ccc1C(=O)NC1CC(F)(F)C1. The molecule has 1 aromatic carbocycles. The lowest BCUT2D eigenvalue weighted by atomic mass is 9.78. The Bertz CT molecular complexity index is 730.